The fourth-order valence-corrected chi connectivity index (χ4v) is 2.44. The molecule has 0 aromatic heterocycles. The third-order valence-corrected chi connectivity index (χ3v) is 3.34. The van der Waals surface area contributed by atoms with E-state index in [9.17, 15) is 4.79 Å². The first-order chi connectivity index (χ1) is 6.68. The van der Waals surface area contributed by atoms with Crippen LogP contribution >= 0.6 is 0 Å². The van der Waals surface area contributed by atoms with Crippen LogP contribution in [0, 0.1) is 11.8 Å². The van der Waals surface area contributed by atoms with Gasteiger partial charge >= 0.3 is 0 Å². The van der Waals surface area contributed by atoms with E-state index in [0.717, 1.165) is 5.92 Å². The monoisotopic (exact) mass is 197 g/mol. The number of hydrogen-bond donors (Lipinski definition) is 1. The number of carbonyl (C=O) groups is 1. The minimum atomic E-state index is -0.152. The van der Waals surface area contributed by atoms with Gasteiger partial charge in [0, 0.05) is 6.42 Å². The summed E-state index contributed by atoms with van der Waals surface area (Å²) in [6.45, 7) is 2.13. The van der Waals surface area contributed by atoms with E-state index >= 15 is 0 Å². The van der Waals surface area contributed by atoms with E-state index in [0.29, 0.717) is 12.3 Å². The lowest BCUT2D eigenvalue weighted by Gasteiger charge is -2.22. The molecule has 1 rings (SSSR count). The van der Waals surface area contributed by atoms with Crippen LogP contribution < -0.4 is 5.73 Å². The zero-order chi connectivity index (χ0) is 10.4. The van der Waals surface area contributed by atoms with Crippen LogP contribution in [-0.2, 0) is 4.79 Å². The number of hydrogen-bond acceptors (Lipinski definition) is 1. The summed E-state index contributed by atoms with van der Waals surface area (Å²) >= 11 is 0. The second-order valence-electron chi connectivity index (χ2n) is 4.86. The summed E-state index contributed by atoms with van der Waals surface area (Å²) in [6.07, 6.45) is 10.1. The Morgan fingerprint density at radius 3 is 2.57 bits per heavy atom. The topological polar surface area (TPSA) is 43.1 Å². The molecule has 14 heavy (non-hydrogen) atoms. The Kier molecular flexibility index (Phi) is 4.99. The molecule has 0 saturated heterocycles. The second kappa shape index (κ2) is 6.05. The number of carbonyl (C=O) groups excluding carboxylic acids is 1. The van der Waals surface area contributed by atoms with E-state index < -0.39 is 0 Å². The molecule has 0 aromatic rings. The summed E-state index contributed by atoms with van der Waals surface area (Å²) in [6, 6.07) is 0. The average Bonchev–Trinajstić information content (AvgIpc) is 2.15. The molecular formula is C12H23NO. The maximum absolute atomic E-state index is 10.7. The van der Waals surface area contributed by atoms with Gasteiger partial charge in [0.15, 0.2) is 0 Å². The quantitative estimate of drug-likeness (QED) is 0.723. The molecule has 2 N–H and O–H groups in total. The first-order valence-electron chi connectivity index (χ1n) is 5.96. The van der Waals surface area contributed by atoms with E-state index in [2.05, 4.69) is 6.92 Å². The van der Waals surface area contributed by atoms with Crippen molar-refractivity contribution in [3.05, 3.63) is 0 Å². The molecule has 1 saturated carbocycles. The summed E-state index contributed by atoms with van der Waals surface area (Å²) in [5, 5.41) is 0. The van der Waals surface area contributed by atoms with Crippen molar-refractivity contribution in [3.8, 4) is 0 Å². The van der Waals surface area contributed by atoms with Crippen LogP contribution in [0.15, 0.2) is 0 Å². The maximum atomic E-state index is 10.7. The molecule has 1 unspecified atom stereocenters. The van der Waals surface area contributed by atoms with Crippen LogP contribution in [0.4, 0.5) is 0 Å². The zero-order valence-corrected chi connectivity index (χ0v) is 9.30. The number of nitrogens with two attached hydrogens (primary N) is 1. The minimum absolute atomic E-state index is 0.152. The SMILES string of the molecule is CC(CCC1CCCCC1)CC(N)=O. The molecule has 82 valence electrons. The first kappa shape index (κ1) is 11.5. The summed E-state index contributed by atoms with van der Waals surface area (Å²) in [5.74, 6) is 1.26. The molecule has 1 aliphatic rings. The van der Waals surface area contributed by atoms with Gasteiger partial charge in [-0.2, -0.15) is 0 Å². The molecule has 1 atom stereocenters. The predicted molar refractivity (Wildman–Crippen MR) is 58.8 cm³/mol. The third-order valence-electron chi connectivity index (χ3n) is 3.34. The number of primary amides is 1. The third kappa shape index (κ3) is 4.64. The van der Waals surface area contributed by atoms with Crippen LogP contribution in [0.5, 0.6) is 0 Å². The summed E-state index contributed by atoms with van der Waals surface area (Å²) in [5.41, 5.74) is 5.16. The Balaban J connectivity index is 2.09. The summed E-state index contributed by atoms with van der Waals surface area (Å²) in [4.78, 5) is 10.7. The van der Waals surface area contributed by atoms with Crippen LogP contribution in [0.3, 0.4) is 0 Å². The van der Waals surface area contributed by atoms with Crippen molar-refractivity contribution in [3.63, 3.8) is 0 Å². The van der Waals surface area contributed by atoms with Crippen molar-refractivity contribution in [1.82, 2.24) is 0 Å². The Bertz CT molecular complexity index is 173. The number of amides is 1. The summed E-state index contributed by atoms with van der Waals surface area (Å²) in [7, 11) is 0. The highest BCUT2D eigenvalue weighted by Gasteiger charge is 2.15. The molecule has 2 heteroatoms. The van der Waals surface area contributed by atoms with Crippen molar-refractivity contribution in [2.45, 2.75) is 58.3 Å². The molecule has 0 aliphatic heterocycles. The van der Waals surface area contributed by atoms with E-state index in [1.165, 1.54) is 44.9 Å². The van der Waals surface area contributed by atoms with E-state index in [1.54, 1.807) is 0 Å². The van der Waals surface area contributed by atoms with E-state index in [-0.39, 0.29) is 5.91 Å². The average molecular weight is 197 g/mol. The van der Waals surface area contributed by atoms with E-state index in [4.69, 9.17) is 5.73 Å². The lowest BCUT2D eigenvalue weighted by atomic mass is 9.84. The highest BCUT2D eigenvalue weighted by molar-refractivity contribution is 5.73. The van der Waals surface area contributed by atoms with Gasteiger partial charge in [-0.15, -0.1) is 0 Å². The van der Waals surface area contributed by atoms with Crippen molar-refractivity contribution in [1.29, 1.82) is 0 Å². The van der Waals surface area contributed by atoms with Gasteiger partial charge in [0.1, 0.15) is 0 Å². The predicted octanol–water partition coefficient (Wildman–Crippen LogP) is 2.86. The van der Waals surface area contributed by atoms with Gasteiger partial charge in [-0.05, 0) is 18.3 Å². The lowest BCUT2D eigenvalue weighted by molar-refractivity contribution is -0.118. The first-order valence-corrected chi connectivity index (χ1v) is 5.96. The Morgan fingerprint density at radius 1 is 1.36 bits per heavy atom. The largest absolute Gasteiger partial charge is 0.370 e. The second-order valence-corrected chi connectivity index (χ2v) is 4.86. The molecule has 0 heterocycles. The molecule has 1 fully saturated rings. The van der Waals surface area contributed by atoms with Gasteiger partial charge in [-0.25, -0.2) is 0 Å². The van der Waals surface area contributed by atoms with Crippen LogP contribution in [0.2, 0.25) is 0 Å². The molecule has 0 aromatic carbocycles. The highest BCUT2D eigenvalue weighted by Crippen LogP contribution is 2.28. The highest BCUT2D eigenvalue weighted by atomic mass is 16.1. The minimum Gasteiger partial charge on any atom is -0.370 e. The van der Waals surface area contributed by atoms with Crippen molar-refractivity contribution in [2.75, 3.05) is 0 Å². The van der Waals surface area contributed by atoms with Crippen molar-refractivity contribution in [2.24, 2.45) is 17.6 Å². The van der Waals surface area contributed by atoms with Gasteiger partial charge in [-0.3, -0.25) is 4.79 Å². The van der Waals surface area contributed by atoms with Crippen LogP contribution in [0.1, 0.15) is 58.3 Å². The van der Waals surface area contributed by atoms with E-state index in [1.807, 2.05) is 0 Å². The van der Waals surface area contributed by atoms with Gasteiger partial charge in [0.2, 0.25) is 5.91 Å². The van der Waals surface area contributed by atoms with Gasteiger partial charge in [0.25, 0.3) is 0 Å². The fraction of sp³-hybridized carbons (Fsp3) is 0.917. The summed E-state index contributed by atoms with van der Waals surface area (Å²) < 4.78 is 0. The fourth-order valence-electron chi connectivity index (χ4n) is 2.44. The lowest BCUT2D eigenvalue weighted by Crippen LogP contribution is -2.15. The smallest absolute Gasteiger partial charge is 0.217 e. The Morgan fingerprint density at radius 2 is 2.00 bits per heavy atom. The molecule has 2 nitrogen and oxygen atoms in total. The van der Waals surface area contributed by atoms with Crippen LogP contribution in [-0.4, -0.2) is 5.91 Å². The molecular weight excluding hydrogens is 174 g/mol. The molecule has 1 aliphatic carbocycles. The normalized spacial score (nSPS) is 20.6. The zero-order valence-electron chi connectivity index (χ0n) is 9.30. The maximum Gasteiger partial charge on any atom is 0.217 e. The molecule has 0 spiro atoms. The molecule has 0 radical (unpaired) electrons. The van der Waals surface area contributed by atoms with Gasteiger partial charge in [-0.1, -0.05) is 45.4 Å². The number of rotatable bonds is 5. The molecule has 1 amide bonds. The Labute approximate surface area is 87.2 Å². The van der Waals surface area contributed by atoms with Crippen molar-refractivity contribution < 1.29 is 4.79 Å². The van der Waals surface area contributed by atoms with Gasteiger partial charge < -0.3 is 5.73 Å². The van der Waals surface area contributed by atoms with Crippen LogP contribution in [0.25, 0.3) is 0 Å². The standard InChI is InChI=1S/C12H23NO/c1-10(9-12(13)14)7-8-11-5-3-2-4-6-11/h10-11H,2-9H2,1H3,(H2,13,14). The van der Waals surface area contributed by atoms with Gasteiger partial charge in [0.05, 0.1) is 0 Å². The van der Waals surface area contributed by atoms with Crippen molar-refractivity contribution >= 4 is 5.91 Å². The molecule has 0 bridgehead atoms. The Hall–Kier alpha value is -0.530.